The average Bonchev–Trinajstić information content (AvgIpc) is 3.07. The van der Waals surface area contributed by atoms with Crippen LogP contribution in [0.2, 0.25) is 0 Å². The van der Waals surface area contributed by atoms with Gasteiger partial charge in [-0.3, -0.25) is 4.79 Å². The lowest BCUT2D eigenvalue weighted by Crippen LogP contribution is -2.16. The summed E-state index contributed by atoms with van der Waals surface area (Å²) in [7, 11) is 0. The number of nitrogens with one attached hydrogen (secondary N) is 1. The molecule has 20 heavy (non-hydrogen) atoms. The lowest BCUT2D eigenvalue weighted by Gasteiger charge is -1.98. The number of aromatic amines is 1. The summed E-state index contributed by atoms with van der Waals surface area (Å²) in [5, 5.41) is 2.79. The Balaban J connectivity index is 1.86. The van der Waals surface area contributed by atoms with Gasteiger partial charge in [-0.25, -0.2) is 4.98 Å². The van der Waals surface area contributed by atoms with Crippen molar-refractivity contribution in [1.29, 1.82) is 0 Å². The standard InChI is InChI=1S/C14H12N4OS/c15-13(18-12(19)7-9-3-2-6-20-9)11-8-17-14-10(11)4-1-5-16-14/h1-6,8H,7H2,(H,16,17)(H2,15,18,19). The molecule has 0 atom stereocenters. The number of hydrogen-bond acceptors (Lipinski definition) is 3. The minimum absolute atomic E-state index is 0.214. The molecule has 0 saturated carbocycles. The molecule has 3 heterocycles. The van der Waals surface area contributed by atoms with Crippen LogP contribution in [0.25, 0.3) is 11.0 Å². The van der Waals surface area contributed by atoms with Crippen LogP contribution in [0.1, 0.15) is 10.4 Å². The Morgan fingerprint density at radius 3 is 3.10 bits per heavy atom. The Kier molecular flexibility index (Phi) is 3.30. The molecule has 0 aliphatic rings. The molecule has 0 saturated heterocycles. The molecular formula is C14H12N4OS. The summed E-state index contributed by atoms with van der Waals surface area (Å²) in [5.41, 5.74) is 7.35. The van der Waals surface area contributed by atoms with E-state index >= 15 is 0 Å². The molecule has 100 valence electrons. The van der Waals surface area contributed by atoms with E-state index in [0.717, 1.165) is 15.9 Å². The fraction of sp³-hybridized carbons (Fsp3) is 0.0714. The van der Waals surface area contributed by atoms with E-state index in [1.54, 1.807) is 12.4 Å². The Bertz CT molecular complexity index is 773. The van der Waals surface area contributed by atoms with E-state index in [9.17, 15) is 4.79 Å². The first-order chi connectivity index (χ1) is 9.74. The van der Waals surface area contributed by atoms with E-state index in [2.05, 4.69) is 15.0 Å². The third-order valence-electron chi connectivity index (χ3n) is 2.88. The highest BCUT2D eigenvalue weighted by Crippen LogP contribution is 2.15. The second kappa shape index (κ2) is 5.26. The van der Waals surface area contributed by atoms with Crippen LogP contribution in [0.4, 0.5) is 0 Å². The Morgan fingerprint density at radius 1 is 1.40 bits per heavy atom. The van der Waals surface area contributed by atoms with Gasteiger partial charge < -0.3 is 10.7 Å². The molecule has 0 unspecified atom stereocenters. The van der Waals surface area contributed by atoms with Crippen molar-refractivity contribution in [2.75, 3.05) is 0 Å². The number of nitrogens with zero attached hydrogens (tertiary/aromatic N) is 2. The normalized spacial score (nSPS) is 11.9. The monoisotopic (exact) mass is 284 g/mol. The van der Waals surface area contributed by atoms with Crippen LogP contribution < -0.4 is 5.73 Å². The van der Waals surface area contributed by atoms with Crippen LogP contribution in [0.15, 0.2) is 47.0 Å². The zero-order valence-electron chi connectivity index (χ0n) is 10.5. The highest BCUT2D eigenvalue weighted by molar-refractivity contribution is 7.10. The number of H-pyrrole nitrogens is 1. The van der Waals surface area contributed by atoms with Gasteiger partial charge >= 0.3 is 0 Å². The fourth-order valence-corrected chi connectivity index (χ4v) is 2.66. The summed E-state index contributed by atoms with van der Waals surface area (Å²) in [4.78, 5) is 24.0. The molecule has 3 rings (SSSR count). The largest absolute Gasteiger partial charge is 0.383 e. The first kappa shape index (κ1) is 12.6. The van der Waals surface area contributed by atoms with Gasteiger partial charge in [-0.1, -0.05) is 6.07 Å². The molecule has 0 aromatic carbocycles. The van der Waals surface area contributed by atoms with Crippen LogP contribution in [0.5, 0.6) is 0 Å². The maximum atomic E-state index is 11.9. The van der Waals surface area contributed by atoms with E-state index in [1.807, 2.05) is 29.6 Å². The van der Waals surface area contributed by atoms with E-state index < -0.39 is 0 Å². The maximum Gasteiger partial charge on any atom is 0.252 e. The smallest absolute Gasteiger partial charge is 0.252 e. The zero-order chi connectivity index (χ0) is 13.9. The van der Waals surface area contributed by atoms with Crippen LogP contribution in [-0.2, 0) is 11.2 Å². The number of carbonyl (C=O) groups excluding carboxylic acids is 1. The number of pyridine rings is 1. The van der Waals surface area contributed by atoms with Gasteiger partial charge in [0, 0.05) is 28.2 Å². The molecule has 3 aromatic rings. The van der Waals surface area contributed by atoms with E-state index in [1.165, 1.54) is 11.3 Å². The SMILES string of the molecule is NC(=NC(=O)Cc1cccs1)c1c[nH]c2ncccc12. The predicted molar refractivity (Wildman–Crippen MR) is 79.8 cm³/mol. The Morgan fingerprint density at radius 2 is 2.30 bits per heavy atom. The molecule has 0 bridgehead atoms. The third kappa shape index (κ3) is 2.46. The van der Waals surface area contributed by atoms with Crippen molar-refractivity contribution in [2.45, 2.75) is 6.42 Å². The van der Waals surface area contributed by atoms with Gasteiger partial charge in [-0.05, 0) is 23.6 Å². The zero-order valence-corrected chi connectivity index (χ0v) is 11.4. The Hall–Kier alpha value is -2.47. The number of rotatable bonds is 3. The summed E-state index contributed by atoms with van der Waals surface area (Å²) in [5.74, 6) is -0.0333. The molecule has 1 amide bonds. The predicted octanol–water partition coefficient (Wildman–Crippen LogP) is 2.10. The minimum Gasteiger partial charge on any atom is -0.383 e. The molecule has 0 aliphatic carbocycles. The van der Waals surface area contributed by atoms with Crippen LogP contribution in [-0.4, -0.2) is 21.7 Å². The van der Waals surface area contributed by atoms with Gasteiger partial charge in [0.1, 0.15) is 11.5 Å². The van der Waals surface area contributed by atoms with Gasteiger partial charge in [0.15, 0.2) is 0 Å². The second-order valence-corrected chi connectivity index (χ2v) is 5.28. The average molecular weight is 284 g/mol. The van der Waals surface area contributed by atoms with Crippen molar-refractivity contribution in [3.8, 4) is 0 Å². The van der Waals surface area contributed by atoms with Crippen LogP contribution in [0, 0.1) is 0 Å². The molecule has 0 radical (unpaired) electrons. The van der Waals surface area contributed by atoms with E-state index in [-0.39, 0.29) is 18.2 Å². The van der Waals surface area contributed by atoms with Crippen molar-refractivity contribution in [2.24, 2.45) is 10.7 Å². The van der Waals surface area contributed by atoms with E-state index in [4.69, 9.17) is 5.73 Å². The molecular weight excluding hydrogens is 272 g/mol. The number of fused-ring (bicyclic) bond motifs is 1. The summed E-state index contributed by atoms with van der Waals surface area (Å²) in [6.45, 7) is 0. The summed E-state index contributed by atoms with van der Waals surface area (Å²) >= 11 is 1.53. The molecule has 3 aromatic heterocycles. The molecule has 6 heteroatoms. The summed E-state index contributed by atoms with van der Waals surface area (Å²) in [6.07, 6.45) is 3.69. The number of amidine groups is 1. The molecule has 0 spiro atoms. The number of aliphatic imine (C=N–C) groups is 1. The van der Waals surface area contributed by atoms with Gasteiger partial charge in [0.05, 0.1) is 6.42 Å². The van der Waals surface area contributed by atoms with Gasteiger partial charge in [-0.2, -0.15) is 4.99 Å². The molecule has 0 fully saturated rings. The van der Waals surface area contributed by atoms with E-state index in [0.29, 0.717) is 5.56 Å². The fourth-order valence-electron chi connectivity index (χ4n) is 1.96. The lowest BCUT2D eigenvalue weighted by molar-refractivity contribution is -0.117. The van der Waals surface area contributed by atoms with Gasteiger partial charge in [0.25, 0.3) is 5.91 Å². The first-order valence-electron chi connectivity index (χ1n) is 6.06. The second-order valence-electron chi connectivity index (χ2n) is 4.25. The van der Waals surface area contributed by atoms with Crippen LogP contribution >= 0.6 is 11.3 Å². The van der Waals surface area contributed by atoms with Crippen molar-refractivity contribution in [1.82, 2.24) is 9.97 Å². The van der Waals surface area contributed by atoms with Gasteiger partial charge in [0.2, 0.25) is 0 Å². The number of thiophene rings is 1. The number of aromatic nitrogens is 2. The maximum absolute atomic E-state index is 11.9. The minimum atomic E-state index is -0.247. The topological polar surface area (TPSA) is 84.1 Å². The highest BCUT2D eigenvalue weighted by atomic mass is 32.1. The third-order valence-corrected chi connectivity index (χ3v) is 3.75. The molecule has 0 aliphatic heterocycles. The Labute approximate surface area is 119 Å². The van der Waals surface area contributed by atoms with Crippen molar-refractivity contribution < 1.29 is 4.79 Å². The van der Waals surface area contributed by atoms with Crippen molar-refractivity contribution in [3.63, 3.8) is 0 Å². The summed E-state index contributed by atoms with van der Waals surface area (Å²) in [6, 6.07) is 7.52. The highest BCUT2D eigenvalue weighted by Gasteiger charge is 2.10. The molecule has 3 N–H and O–H groups in total. The van der Waals surface area contributed by atoms with Crippen LogP contribution in [0.3, 0.4) is 0 Å². The number of amides is 1. The molecule has 5 nitrogen and oxygen atoms in total. The summed E-state index contributed by atoms with van der Waals surface area (Å²) < 4.78 is 0. The quantitative estimate of drug-likeness (QED) is 0.570. The number of carbonyl (C=O) groups is 1. The van der Waals surface area contributed by atoms with Gasteiger partial charge in [-0.15, -0.1) is 11.3 Å². The lowest BCUT2D eigenvalue weighted by atomic mass is 10.2. The van der Waals surface area contributed by atoms with Crippen molar-refractivity contribution in [3.05, 3.63) is 52.5 Å². The van der Waals surface area contributed by atoms with Crippen molar-refractivity contribution >= 4 is 34.1 Å². The number of hydrogen-bond donors (Lipinski definition) is 2. The first-order valence-corrected chi connectivity index (χ1v) is 6.94. The number of nitrogens with two attached hydrogens (primary N) is 1.